The van der Waals surface area contributed by atoms with Crippen molar-refractivity contribution in [1.29, 1.82) is 0 Å². The summed E-state index contributed by atoms with van der Waals surface area (Å²) in [4.78, 5) is 13.0. The van der Waals surface area contributed by atoms with Gasteiger partial charge in [0.15, 0.2) is 0 Å². The standard InChI is InChI=1S/C12H22F2N2O2/c1-3-6-15-12(11(17)18,9-4-5-9)8-16(2)7-10(13)14/h9-10,15H,3-8H2,1-2H3,(H,17,18). The van der Waals surface area contributed by atoms with E-state index in [1.165, 1.54) is 4.90 Å². The van der Waals surface area contributed by atoms with Crippen LogP contribution in [0.15, 0.2) is 0 Å². The van der Waals surface area contributed by atoms with Crippen molar-refractivity contribution < 1.29 is 18.7 Å². The number of hydrogen-bond acceptors (Lipinski definition) is 3. The SMILES string of the molecule is CCCNC(CN(C)CC(F)F)(C(=O)O)C1CC1. The van der Waals surface area contributed by atoms with Crippen LogP contribution in [0.1, 0.15) is 26.2 Å². The van der Waals surface area contributed by atoms with Crippen LogP contribution < -0.4 is 5.32 Å². The molecular formula is C12H22F2N2O2. The zero-order valence-corrected chi connectivity index (χ0v) is 11.0. The third-order valence-electron chi connectivity index (χ3n) is 3.32. The number of rotatable bonds is 9. The average Bonchev–Trinajstić information content (AvgIpc) is 3.06. The van der Waals surface area contributed by atoms with Crippen molar-refractivity contribution in [2.75, 3.05) is 26.7 Å². The van der Waals surface area contributed by atoms with E-state index in [0.29, 0.717) is 6.54 Å². The summed E-state index contributed by atoms with van der Waals surface area (Å²) in [5, 5.41) is 12.5. The highest BCUT2D eigenvalue weighted by Gasteiger charge is 2.51. The van der Waals surface area contributed by atoms with Crippen LogP contribution in [0.4, 0.5) is 8.78 Å². The summed E-state index contributed by atoms with van der Waals surface area (Å²) in [6.07, 6.45) is 0.0871. The Labute approximate surface area is 106 Å². The van der Waals surface area contributed by atoms with E-state index in [1.807, 2.05) is 6.92 Å². The Morgan fingerprint density at radius 1 is 1.56 bits per heavy atom. The molecule has 1 rings (SSSR count). The van der Waals surface area contributed by atoms with Crippen LogP contribution >= 0.6 is 0 Å². The molecule has 2 N–H and O–H groups in total. The lowest BCUT2D eigenvalue weighted by Crippen LogP contribution is -2.60. The summed E-state index contributed by atoms with van der Waals surface area (Å²) >= 11 is 0. The molecule has 0 aromatic rings. The van der Waals surface area contributed by atoms with Crippen LogP contribution in [0.3, 0.4) is 0 Å². The average molecular weight is 264 g/mol. The van der Waals surface area contributed by atoms with Crippen LogP contribution in [-0.4, -0.2) is 54.6 Å². The third-order valence-corrected chi connectivity index (χ3v) is 3.32. The third kappa shape index (κ3) is 3.88. The minimum Gasteiger partial charge on any atom is -0.480 e. The number of aliphatic carboxylic acids is 1. The number of nitrogens with one attached hydrogen (secondary N) is 1. The van der Waals surface area contributed by atoms with Crippen LogP contribution in [-0.2, 0) is 4.79 Å². The summed E-state index contributed by atoms with van der Waals surface area (Å²) in [7, 11) is 1.54. The van der Waals surface area contributed by atoms with Gasteiger partial charge in [-0.2, -0.15) is 0 Å². The maximum absolute atomic E-state index is 12.3. The van der Waals surface area contributed by atoms with Gasteiger partial charge in [-0.05, 0) is 38.8 Å². The smallest absolute Gasteiger partial charge is 0.325 e. The second kappa shape index (κ2) is 6.43. The van der Waals surface area contributed by atoms with Crippen LogP contribution in [0.5, 0.6) is 0 Å². The van der Waals surface area contributed by atoms with E-state index in [1.54, 1.807) is 7.05 Å². The van der Waals surface area contributed by atoms with Crippen molar-refractivity contribution in [3.8, 4) is 0 Å². The number of carboxylic acid groups (broad SMARTS) is 1. The van der Waals surface area contributed by atoms with E-state index in [0.717, 1.165) is 19.3 Å². The molecule has 0 spiro atoms. The van der Waals surface area contributed by atoms with Crippen molar-refractivity contribution in [3.05, 3.63) is 0 Å². The predicted molar refractivity (Wildman–Crippen MR) is 64.9 cm³/mol. The first-order valence-corrected chi connectivity index (χ1v) is 6.37. The fraction of sp³-hybridized carbons (Fsp3) is 0.917. The normalized spacial score (nSPS) is 19.2. The molecule has 0 radical (unpaired) electrons. The zero-order chi connectivity index (χ0) is 13.8. The Balaban J connectivity index is 2.71. The van der Waals surface area contributed by atoms with Gasteiger partial charge in [-0.1, -0.05) is 6.92 Å². The van der Waals surface area contributed by atoms with Gasteiger partial charge in [-0.25, -0.2) is 8.78 Å². The van der Waals surface area contributed by atoms with Crippen LogP contribution in [0.25, 0.3) is 0 Å². The molecule has 1 saturated carbocycles. The highest BCUT2D eigenvalue weighted by molar-refractivity contribution is 5.80. The number of alkyl halides is 2. The highest BCUT2D eigenvalue weighted by Crippen LogP contribution is 2.40. The molecule has 1 atom stereocenters. The summed E-state index contributed by atoms with van der Waals surface area (Å²) in [5.74, 6) is -0.874. The van der Waals surface area contributed by atoms with E-state index in [-0.39, 0.29) is 12.5 Å². The van der Waals surface area contributed by atoms with Crippen molar-refractivity contribution in [1.82, 2.24) is 10.2 Å². The molecule has 0 heterocycles. The Morgan fingerprint density at radius 2 is 2.17 bits per heavy atom. The molecular weight excluding hydrogens is 242 g/mol. The molecule has 0 bridgehead atoms. The molecule has 1 unspecified atom stereocenters. The molecule has 6 heteroatoms. The largest absolute Gasteiger partial charge is 0.480 e. The molecule has 1 aliphatic rings. The van der Waals surface area contributed by atoms with Gasteiger partial charge in [0.2, 0.25) is 0 Å². The van der Waals surface area contributed by atoms with Crippen molar-refractivity contribution >= 4 is 5.97 Å². The van der Waals surface area contributed by atoms with Crippen molar-refractivity contribution in [2.45, 2.75) is 38.2 Å². The van der Waals surface area contributed by atoms with Gasteiger partial charge in [-0.15, -0.1) is 0 Å². The Hall–Kier alpha value is -0.750. The fourth-order valence-corrected chi connectivity index (χ4v) is 2.30. The second-order valence-electron chi connectivity index (χ2n) is 5.07. The van der Waals surface area contributed by atoms with Gasteiger partial charge in [0, 0.05) is 6.54 Å². The summed E-state index contributed by atoms with van der Waals surface area (Å²) < 4.78 is 24.6. The van der Waals surface area contributed by atoms with Crippen molar-refractivity contribution in [2.24, 2.45) is 5.92 Å². The van der Waals surface area contributed by atoms with Gasteiger partial charge in [0.05, 0.1) is 6.54 Å². The Bertz CT molecular complexity index is 285. The lowest BCUT2D eigenvalue weighted by molar-refractivity contribution is -0.147. The molecule has 1 fully saturated rings. The molecule has 1 aliphatic carbocycles. The van der Waals surface area contributed by atoms with Gasteiger partial charge in [0.25, 0.3) is 6.43 Å². The number of carboxylic acids is 1. The predicted octanol–water partition coefficient (Wildman–Crippen LogP) is 1.42. The second-order valence-corrected chi connectivity index (χ2v) is 5.07. The van der Waals surface area contributed by atoms with E-state index in [9.17, 15) is 18.7 Å². The zero-order valence-electron chi connectivity index (χ0n) is 11.0. The fourth-order valence-electron chi connectivity index (χ4n) is 2.30. The first kappa shape index (κ1) is 15.3. The molecule has 0 aromatic carbocycles. The van der Waals surface area contributed by atoms with Gasteiger partial charge in [0.1, 0.15) is 5.54 Å². The molecule has 106 valence electrons. The lowest BCUT2D eigenvalue weighted by Gasteiger charge is -2.34. The number of halogens is 2. The van der Waals surface area contributed by atoms with Gasteiger partial charge in [-0.3, -0.25) is 9.69 Å². The molecule has 0 aromatic heterocycles. The molecule has 0 saturated heterocycles. The molecule has 0 amide bonds. The maximum Gasteiger partial charge on any atom is 0.325 e. The van der Waals surface area contributed by atoms with E-state index in [2.05, 4.69) is 5.32 Å². The van der Waals surface area contributed by atoms with Gasteiger partial charge >= 0.3 is 5.97 Å². The summed E-state index contributed by atoms with van der Waals surface area (Å²) in [6, 6.07) is 0. The van der Waals surface area contributed by atoms with Gasteiger partial charge < -0.3 is 10.4 Å². The molecule has 0 aliphatic heterocycles. The number of hydrogen-bond donors (Lipinski definition) is 2. The minimum absolute atomic E-state index is 0.0571. The Kier molecular flexibility index (Phi) is 5.47. The van der Waals surface area contributed by atoms with Crippen LogP contribution in [0, 0.1) is 5.92 Å². The molecule has 18 heavy (non-hydrogen) atoms. The first-order valence-electron chi connectivity index (χ1n) is 6.37. The summed E-state index contributed by atoms with van der Waals surface area (Å²) in [6.45, 7) is 2.27. The topological polar surface area (TPSA) is 52.6 Å². The highest BCUT2D eigenvalue weighted by atomic mass is 19.3. The quantitative estimate of drug-likeness (QED) is 0.661. The van der Waals surface area contributed by atoms with Crippen LogP contribution in [0.2, 0.25) is 0 Å². The number of likely N-dealkylation sites (N-methyl/N-ethyl adjacent to an activating group) is 1. The Morgan fingerprint density at radius 3 is 2.56 bits per heavy atom. The van der Waals surface area contributed by atoms with E-state index >= 15 is 0 Å². The minimum atomic E-state index is -2.44. The maximum atomic E-state index is 12.3. The lowest BCUT2D eigenvalue weighted by atomic mass is 9.92. The number of carbonyl (C=O) groups is 1. The van der Waals surface area contributed by atoms with E-state index in [4.69, 9.17) is 0 Å². The monoisotopic (exact) mass is 264 g/mol. The van der Waals surface area contributed by atoms with Crippen molar-refractivity contribution in [3.63, 3.8) is 0 Å². The number of nitrogens with zero attached hydrogens (tertiary/aromatic N) is 1. The summed E-state index contributed by atoms with van der Waals surface area (Å²) in [5.41, 5.74) is -1.07. The van der Waals surface area contributed by atoms with E-state index < -0.39 is 24.5 Å². The first-order chi connectivity index (χ1) is 8.42. The molecule has 4 nitrogen and oxygen atoms in total.